The molecule has 2 heteroatoms. The van der Waals surface area contributed by atoms with E-state index in [4.69, 9.17) is 11.6 Å². The first kappa shape index (κ1) is 14.2. The summed E-state index contributed by atoms with van der Waals surface area (Å²) in [7, 11) is 0. The summed E-state index contributed by atoms with van der Waals surface area (Å²) in [5.74, 6) is 0. The van der Waals surface area contributed by atoms with E-state index in [0.717, 1.165) is 11.4 Å². The van der Waals surface area contributed by atoms with Gasteiger partial charge in [-0.25, -0.2) is 0 Å². The first-order valence-electron chi connectivity index (χ1n) is 7.22. The van der Waals surface area contributed by atoms with E-state index in [1.165, 1.54) is 36.8 Å². The molecule has 1 unspecified atom stereocenters. The predicted molar refractivity (Wildman–Crippen MR) is 89.9 cm³/mol. The van der Waals surface area contributed by atoms with Crippen LogP contribution >= 0.6 is 27.5 Å². The monoisotopic (exact) mass is 348 g/mol. The Labute approximate surface area is 134 Å². The standard InChI is InChI=1S/C18H18BrCl/c19-18(11-13-5-9-17(20)10-6-13)16-8-7-14-3-1-2-4-15(14)12-16/h5-10,12,18H,1-4,11H2. The van der Waals surface area contributed by atoms with Gasteiger partial charge in [-0.05, 0) is 66.5 Å². The molecule has 1 aliphatic rings. The highest BCUT2D eigenvalue weighted by Gasteiger charge is 2.13. The van der Waals surface area contributed by atoms with Gasteiger partial charge in [-0.15, -0.1) is 0 Å². The first-order chi connectivity index (χ1) is 9.72. The highest BCUT2D eigenvalue weighted by Crippen LogP contribution is 2.31. The third kappa shape index (κ3) is 3.27. The van der Waals surface area contributed by atoms with Crippen molar-refractivity contribution in [2.45, 2.75) is 36.9 Å². The zero-order valence-electron chi connectivity index (χ0n) is 11.4. The Balaban J connectivity index is 1.76. The zero-order chi connectivity index (χ0) is 13.9. The van der Waals surface area contributed by atoms with Crippen molar-refractivity contribution in [3.05, 3.63) is 69.7 Å². The van der Waals surface area contributed by atoms with E-state index < -0.39 is 0 Å². The Kier molecular flexibility index (Phi) is 4.48. The fraction of sp³-hybridized carbons (Fsp3) is 0.333. The Bertz CT molecular complexity index is 589. The summed E-state index contributed by atoms with van der Waals surface area (Å²) >= 11 is 9.77. The third-order valence-electron chi connectivity index (χ3n) is 4.06. The molecule has 0 bridgehead atoms. The van der Waals surface area contributed by atoms with Crippen molar-refractivity contribution >= 4 is 27.5 Å². The van der Waals surface area contributed by atoms with E-state index in [-0.39, 0.29) is 0 Å². The molecule has 0 saturated heterocycles. The smallest absolute Gasteiger partial charge is 0.0435 e. The summed E-state index contributed by atoms with van der Waals surface area (Å²) in [4.78, 5) is 0.371. The van der Waals surface area contributed by atoms with Crippen LogP contribution in [-0.2, 0) is 19.3 Å². The van der Waals surface area contributed by atoms with Gasteiger partial charge < -0.3 is 0 Å². The van der Waals surface area contributed by atoms with Crippen LogP contribution < -0.4 is 0 Å². The molecule has 0 fully saturated rings. The van der Waals surface area contributed by atoms with Gasteiger partial charge in [0.15, 0.2) is 0 Å². The van der Waals surface area contributed by atoms with Gasteiger partial charge in [-0.3, -0.25) is 0 Å². The summed E-state index contributed by atoms with van der Waals surface area (Å²) in [5, 5.41) is 0.800. The number of hydrogen-bond acceptors (Lipinski definition) is 0. The largest absolute Gasteiger partial charge is 0.0843 e. The van der Waals surface area contributed by atoms with Crippen LogP contribution in [-0.4, -0.2) is 0 Å². The van der Waals surface area contributed by atoms with Crippen molar-refractivity contribution in [3.63, 3.8) is 0 Å². The van der Waals surface area contributed by atoms with E-state index >= 15 is 0 Å². The minimum atomic E-state index is 0.371. The maximum atomic E-state index is 5.93. The van der Waals surface area contributed by atoms with Gasteiger partial charge in [0.05, 0.1) is 0 Å². The molecule has 2 aromatic carbocycles. The molecular formula is C18H18BrCl. The topological polar surface area (TPSA) is 0 Å². The van der Waals surface area contributed by atoms with Gasteiger partial charge >= 0.3 is 0 Å². The SMILES string of the molecule is Clc1ccc(CC(Br)c2ccc3c(c2)CCCC3)cc1. The number of aryl methyl sites for hydroxylation is 2. The van der Waals surface area contributed by atoms with E-state index in [9.17, 15) is 0 Å². The Morgan fingerprint density at radius 3 is 2.40 bits per heavy atom. The lowest BCUT2D eigenvalue weighted by Gasteiger charge is -2.18. The molecule has 0 nitrogen and oxygen atoms in total. The van der Waals surface area contributed by atoms with E-state index in [2.05, 4.69) is 46.3 Å². The maximum absolute atomic E-state index is 5.93. The first-order valence-corrected chi connectivity index (χ1v) is 8.52. The van der Waals surface area contributed by atoms with Crippen molar-refractivity contribution in [2.24, 2.45) is 0 Å². The summed E-state index contributed by atoms with van der Waals surface area (Å²) in [6, 6.07) is 15.1. The molecule has 1 atom stereocenters. The molecule has 0 heterocycles. The Hall–Kier alpha value is -0.790. The highest BCUT2D eigenvalue weighted by molar-refractivity contribution is 9.09. The number of alkyl halides is 1. The lowest BCUT2D eigenvalue weighted by atomic mass is 9.89. The molecule has 0 amide bonds. The number of benzene rings is 2. The van der Waals surface area contributed by atoms with E-state index in [0.29, 0.717) is 4.83 Å². The average molecular weight is 350 g/mol. The van der Waals surface area contributed by atoms with Gasteiger partial charge in [0.1, 0.15) is 0 Å². The zero-order valence-corrected chi connectivity index (χ0v) is 13.8. The van der Waals surface area contributed by atoms with Gasteiger partial charge in [-0.2, -0.15) is 0 Å². The van der Waals surface area contributed by atoms with Crippen molar-refractivity contribution < 1.29 is 0 Å². The summed E-state index contributed by atoms with van der Waals surface area (Å²) in [5.41, 5.74) is 5.80. The van der Waals surface area contributed by atoms with Gasteiger partial charge in [0.2, 0.25) is 0 Å². The second-order valence-electron chi connectivity index (χ2n) is 5.53. The van der Waals surface area contributed by atoms with Crippen molar-refractivity contribution in [2.75, 3.05) is 0 Å². The number of halogens is 2. The second-order valence-corrected chi connectivity index (χ2v) is 7.08. The molecule has 0 saturated carbocycles. The van der Waals surface area contributed by atoms with Crippen LogP contribution in [0.15, 0.2) is 42.5 Å². The van der Waals surface area contributed by atoms with Gasteiger partial charge in [-0.1, -0.05) is 57.9 Å². The van der Waals surface area contributed by atoms with Crippen LogP contribution in [0.5, 0.6) is 0 Å². The third-order valence-corrected chi connectivity index (χ3v) is 5.17. The number of hydrogen-bond donors (Lipinski definition) is 0. The average Bonchev–Trinajstić information content (AvgIpc) is 2.49. The molecule has 104 valence electrons. The van der Waals surface area contributed by atoms with Crippen LogP contribution in [0.25, 0.3) is 0 Å². The van der Waals surface area contributed by atoms with Crippen LogP contribution in [0.3, 0.4) is 0 Å². The lowest BCUT2D eigenvalue weighted by Crippen LogP contribution is -2.04. The molecule has 0 N–H and O–H groups in total. The predicted octanol–water partition coefficient (Wildman–Crippen LogP) is 5.90. The summed E-state index contributed by atoms with van der Waals surface area (Å²) in [6.45, 7) is 0. The van der Waals surface area contributed by atoms with Crippen molar-refractivity contribution in [1.29, 1.82) is 0 Å². The second kappa shape index (κ2) is 6.32. The number of rotatable bonds is 3. The fourth-order valence-corrected chi connectivity index (χ4v) is 3.68. The van der Waals surface area contributed by atoms with Crippen LogP contribution in [0, 0.1) is 0 Å². The molecular weight excluding hydrogens is 332 g/mol. The summed E-state index contributed by atoms with van der Waals surface area (Å²) < 4.78 is 0. The van der Waals surface area contributed by atoms with Crippen molar-refractivity contribution in [3.8, 4) is 0 Å². The molecule has 20 heavy (non-hydrogen) atoms. The summed E-state index contributed by atoms with van der Waals surface area (Å²) in [6.07, 6.45) is 6.16. The van der Waals surface area contributed by atoms with Gasteiger partial charge in [0, 0.05) is 9.85 Å². The molecule has 0 aliphatic heterocycles. The van der Waals surface area contributed by atoms with Crippen LogP contribution in [0.1, 0.15) is 39.9 Å². The number of fused-ring (bicyclic) bond motifs is 1. The highest BCUT2D eigenvalue weighted by atomic mass is 79.9. The van der Waals surface area contributed by atoms with E-state index in [1.54, 1.807) is 11.1 Å². The molecule has 0 radical (unpaired) electrons. The molecule has 1 aliphatic carbocycles. The van der Waals surface area contributed by atoms with E-state index in [1.807, 2.05) is 12.1 Å². The quantitative estimate of drug-likeness (QED) is 0.605. The molecule has 0 spiro atoms. The minimum absolute atomic E-state index is 0.371. The molecule has 0 aromatic heterocycles. The molecule has 3 rings (SSSR count). The van der Waals surface area contributed by atoms with Crippen LogP contribution in [0.4, 0.5) is 0 Å². The fourth-order valence-electron chi connectivity index (χ4n) is 2.89. The molecule has 2 aromatic rings. The Morgan fingerprint density at radius 2 is 1.65 bits per heavy atom. The normalized spacial score (nSPS) is 15.7. The van der Waals surface area contributed by atoms with Crippen molar-refractivity contribution in [1.82, 2.24) is 0 Å². The lowest BCUT2D eigenvalue weighted by molar-refractivity contribution is 0.684. The Morgan fingerprint density at radius 1 is 0.950 bits per heavy atom. The minimum Gasteiger partial charge on any atom is -0.0843 e. The van der Waals surface area contributed by atoms with Crippen LogP contribution in [0.2, 0.25) is 5.02 Å². The van der Waals surface area contributed by atoms with Gasteiger partial charge in [0.25, 0.3) is 0 Å². The maximum Gasteiger partial charge on any atom is 0.0435 e.